The van der Waals surface area contributed by atoms with Crippen LogP contribution in [0.25, 0.3) is 0 Å². The third-order valence-electron chi connectivity index (χ3n) is 4.28. The lowest BCUT2D eigenvalue weighted by molar-refractivity contribution is -0.121. The quantitative estimate of drug-likeness (QED) is 0.837. The first kappa shape index (κ1) is 17.6. The van der Waals surface area contributed by atoms with Gasteiger partial charge in [-0.25, -0.2) is 4.39 Å². The zero-order chi connectivity index (χ0) is 17.8. The zero-order valence-electron chi connectivity index (χ0n) is 13.5. The molecule has 1 N–H and O–H groups in total. The second kappa shape index (κ2) is 7.78. The number of carbonyl (C=O) groups is 2. The Morgan fingerprint density at radius 1 is 1.16 bits per heavy atom. The Hall–Kier alpha value is -2.21. The number of anilines is 1. The van der Waals surface area contributed by atoms with Crippen molar-refractivity contribution >= 4 is 33.4 Å². The molecule has 0 saturated carbocycles. The number of hydrogen-bond donors (Lipinski definition) is 1. The van der Waals surface area contributed by atoms with Gasteiger partial charge in [-0.3, -0.25) is 9.59 Å². The van der Waals surface area contributed by atoms with Gasteiger partial charge < -0.3 is 10.2 Å². The van der Waals surface area contributed by atoms with Crippen LogP contribution in [0.1, 0.15) is 23.2 Å². The number of nitrogens with zero attached hydrogens (tertiary/aromatic N) is 1. The number of halogens is 2. The van der Waals surface area contributed by atoms with Crippen LogP contribution in [0.4, 0.5) is 10.1 Å². The van der Waals surface area contributed by atoms with Crippen LogP contribution in [-0.2, 0) is 4.79 Å². The van der Waals surface area contributed by atoms with Crippen LogP contribution in [0.15, 0.2) is 53.0 Å². The van der Waals surface area contributed by atoms with E-state index in [2.05, 4.69) is 21.2 Å². The number of benzene rings is 2. The summed E-state index contributed by atoms with van der Waals surface area (Å²) >= 11 is 3.24. The van der Waals surface area contributed by atoms with Gasteiger partial charge in [0, 0.05) is 23.2 Å². The molecular weight excluding hydrogens is 387 g/mol. The second-order valence-corrected chi connectivity index (χ2v) is 6.92. The summed E-state index contributed by atoms with van der Waals surface area (Å²) < 4.78 is 13.6. The molecule has 0 radical (unpaired) electrons. The molecule has 2 amide bonds. The van der Waals surface area contributed by atoms with Gasteiger partial charge in [-0.15, -0.1) is 0 Å². The Labute approximate surface area is 154 Å². The van der Waals surface area contributed by atoms with Gasteiger partial charge in [-0.05, 0) is 59.1 Å². The summed E-state index contributed by atoms with van der Waals surface area (Å²) in [6, 6.07) is 13.3. The Balaban J connectivity index is 1.68. The number of nitrogens with one attached hydrogen (secondary N) is 1. The van der Waals surface area contributed by atoms with Gasteiger partial charge in [0.05, 0.1) is 11.5 Å². The van der Waals surface area contributed by atoms with E-state index in [1.54, 1.807) is 4.90 Å². The van der Waals surface area contributed by atoms with Crippen molar-refractivity contribution in [1.29, 1.82) is 0 Å². The number of para-hydroxylation sites is 1. The third kappa shape index (κ3) is 4.25. The summed E-state index contributed by atoms with van der Waals surface area (Å²) in [5, 5.41) is 2.89. The molecule has 0 unspecified atom stereocenters. The van der Waals surface area contributed by atoms with Gasteiger partial charge in [0.15, 0.2) is 0 Å². The fourth-order valence-corrected chi connectivity index (χ4v) is 3.50. The van der Waals surface area contributed by atoms with E-state index < -0.39 is 5.82 Å². The van der Waals surface area contributed by atoms with Crippen LogP contribution in [0.2, 0.25) is 0 Å². The van der Waals surface area contributed by atoms with E-state index >= 15 is 0 Å². The van der Waals surface area contributed by atoms with E-state index in [9.17, 15) is 14.0 Å². The fraction of sp³-hybridized carbons (Fsp3) is 0.263. The largest absolute Gasteiger partial charge is 0.338 e. The molecule has 1 aliphatic rings. The standard InChI is InChI=1S/C19H18BrFN2O2/c20-17-11-14(21)8-9-16(17)19(25)23-10-4-5-13(12-23)18(24)22-15-6-2-1-3-7-15/h1-3,6-9,11,13H,4-5,10,12H2,(H,22,24)/t13-/m1/s1. The Kier molecular flexibility index (Phi) is 5.48. The maximum Gasteiger partial charge on any atom is 0.255 e. The van der Waals surface area contributed by atoms with Gasteiger partial charge in [0.25, 0.3) is 5.91 Å². The normalized spacial score (nSPS) is 17.2. The van der Waals surface area contributed by atoms with Crippen molar-refractivity contribution in [2.75, 3.05) is 18.4 Å². The summed E-state index contributed by atoms with van der Waals surface area (Å²) in [6.45, 7) is 0.957. The topological polar surface area (TPSA) is 49.4 Å². The number of piperidine rings is 1. The third-order valence-corrected chi connectivity index (χ3v) is 4.94. The van der Waals surface area contributed by atoms with Crippen molar-refractivity contribution in [3.63, 3.8) is 0 Å². The highest BCUT2D eigenvalue weighted by atomic mass is 79.9. The summed E-state index contributed by atoms with van der Waals surface area (Å²) in [5.74, 6) is -0.926. The van der Waals surface area contributed by atoms with Gasteiger partial charge in [0.2, 0.25) is 5.91 Å². The molecule has 6 heteroatoms. The predicted molar refractivity (Wildman–Crippen MR) is 97.8 cm³/mol. The van der Waals surface area contributed by atoms with Crippen molar-refractivity contribution in [3.05, 3.63) is 64.4 Å². The number of likely N-dealkylation sites (tertiary alicyclic amines) is 1. The molecule has 1 saturated heterocycles. The molecular formula is C19H18BrFN2O2. The Morgan fingerprint density at radius 2 is 1.92 bits per heavy atom. The van der Waals surface area contributed by atoms with Crippen LogP contribution < -0.4 is 5.32 Å². The van der Waals surface area contributed by atoms with Crippen LogP contribution in [0.3, 0.4) is 0 Å². The SMILES string of the molecule is O=C(Nc1ccccc1)[C@@H]1CCCN(C(=O)c2ccc(F)cc2Br)C1. The molecule has 25 heavy (non-hydrogen) atoms. The van der Waals surface area contributed by atoms with E-state index in [0.29, 0.717) is 23.1 Å². The summed E-state index contributed by atoms with van der Waals surface area (Å²) in [4.78, 5) is 26.8. The molecule has 1 fully saturated rings. The van der Waals surface area contributed by atoms with Crippen molar-refractivity contribution < 1.29 is 14.0 Å². The summed E-state index contributed by atoms with van der Waals surface area (Å²) in [5.41, 5.74) is 1.16. The number of rotatable bonds is 3. The zero-order valence-corrected chi connectivity index (χ0v) is 15.1. The molecule has 3 rings (SSSR count). The first-order valence-corrected chi connectivity index (χ1v) is 8.94. The van der Waals surface area contributed by atoms with Crippen molar-refractivity contribution in [1.82, 2.24) is 4.90 Å². The molecule has 130 valence electrons. The molecule has 4 nitrogen and oxygen atoms in total. The molecule has 1 heterocycles. The highest BCUT2D eigenvalue weighted by Crippen LogP contribution is 2.24. The van der Waals surface area contributed by atoms with E-state index in [-0.39, 0.29) is 17.7 Å². The van der Waals surface area contributed by atoms with Crippen LogP contribution in [-0.4, -0.2) is 29.8 Å². The average molecular weight is 405 g/mol. The van der Waals surface area contributed by atoms with E-state index in [1.807, 2.05) is 30.3 Å². The number of amides is 2. The van der Waals surface area contributed by atoms with Gasteiger partial charge in [-0.2, -0.15) is 0 Å². The Morgan fingerprint density at radius 3 is 2.64 bits per heavy atom. The van der Waals surface area contributed by atoms with Crippen LogP contribution >= 0.6 is 15.9 Å². The molecule has 0 bridgehead atoms. The number of hydrogen-bond acceptors (Lipinski definition) is 2. The number of carbonyl (C=O) groups excluding carboxylic acids is 2. The van der Waals surface area contributed by atoms with Crippen LogP contribution in [0, 0.1) is 11.7 Å². The van der Waals surface area contributed by atoms with Gasteiger partial charge in [0.1, 0.15) is 5.82 Å². The lowest BCUT2D eigenvalue weighted by Crippen LogP contribution is -2.43. The molecule has 1 atom stereocenters. The second-order valence-electron chi connectivity index (χ2n) is 6.07. The molecule has 0 aliphatic carbocycles. The fourth-order valence-electron chi connectivity index (χ4n) is 2.97. The summed E-state index contributed by atoms with van der Waals surface area (Å²) in [6.07, 6.45) is 1.50. The smallest absolute Gasteiger partial charge is 0.255 e. The minimum atomic E-state index is -0.401. The molecule has 0 spiro atoms. The van der Waals surface area contributed by atoms with E-state index in [1.165, 1.54) is 18.2 Å². The first-order chi connectivity index (χ1) is 12.0. The van der Waals surface area contributed by atoms with Crippen molar-refractivity contribution in [2.45, 2.75) is 12.8 Å². The molecule has 2 aromatic rings. The molecule has 2 aromatic carbocycles. The molecule has 1 aliphatic heterocycles. The lowest BCUT2D eigenvalue weighted by atomic mass is 9.96. The maximum atomic E-state index is 13.2. The van der Waals surface area contributed by atoms with E-state index in [4.69, 9.17) is 0 Å². The monoisotopic (exact) mass is 404 g/mol. The van der Waals surface area contributed by atoms with Gasteiger partial charge >= 0.3 is 0 Å². The van der Waals surface area contributed by atoms with Crippen molar-refractivity contribution in [3.8, 4) is 0 Å². The first-order valence-electron chi connectivity index (χ1n) is 8.15. The maximum absolute atomic E-state index is 13.2. The predicted octanol–water partition coefficient (Wildman–Crippen LogP) is 4.08. The summed E-state index contributed by atoms with van der Waals surface area (Å²) in [7, 11) is 0. The lowest BCUT2D eigenvalue weighted by Gasteiger charge is -2.32. The van der Waals surface area contributed by atoms with Crippen molar-refractivity contribution in [2.24, 2.45) is 5.92 Å². The molecule has 0 aromatic heterocycles. The van der Waals surface area contributed by atoms with Crippen LogP contribution in [0.5, 0.6) is 0 Å². The average Bonchev–Trinajstić information content (AvgIpc) is 2.62. The highest BCUT2D eigenvalue weighted by Gasteiger charge is 2.29. The highest BCUT2D eigenvalue weighted by molar-refractivity contribution is 9.10. The minimum Gasteiger partial charge on any atom is -0.338 e. The van der Waals surface area contributed by atoms with Gasteiger partial charge in [-0.1, -0.05) is 18.2 Å². The minimum absolute atomic E-state index is 0.0816. The Bertz CT molecular complexity index is 782. The van der Waals surface area contributed by atoms with E-state index in [0.717, 1.165) is 18.5 Å².